The van der Waals surface area contributed by atoms with E-state index in [-0.39, 0.29) is 0 Å². The van der Waals surface area contributed by atoms with Crippen LogP contribution in [0.1, 0.15) is 19.3 Å². The van der Waals surface area contributed by atoms with Gasteiger partial charge in [0.05, 0.1) is 5.69 Å². The molecule has 14 heavy (non-hydrogen) atoms. The highest BCUT2D eigenvalue weighted by Gasteiger charge is 2.17. The molecule has 1 aliphatic carbocycles. The molecule has 0 bridgehead atoms. The number of halogens is 2. The summed E-state index contributed by atoms with van der Waals surface area (Å²) in [5, 5.41) is 3.49. The topological polar surface area (TPSA) is 12.0 Å². The van der Waals surface area contributed by atoms with Crippen LogP contribution >= 0.6 is 31.9 Å². The van der Waals surface area contributed by atoms with E-state index < -0.39 is 0 Å². The van der Waals surface area contributed by atoms with Gasteiger partial charge in [-0.3, -0.25) is 0 Å². The van der Waals surface area contributed by atoms with Crippen molar-refractivity contribution in [1.82, 2.24) is 0 Å². The summed E-state index contributed by atoms with van der Waals surface area (Å²) in [5.74, 6) is 0.883. The van der Waals surface area contributed by atoms with E-state index in [9.17, 15) is 0 Å². The van der Waals surface area contributed by atoms with E-state index in [2.05, 4.69) is 49.3 Å². The Kier molecular flexibility index (Phi) is 3.50. The first-order valence-electron chi connectivity index (χ1n) is 4.95. The average Bonchev–Trinajstić information content (AvgIpc) is 2.07. The van der Waals surface area contributed by atoms with Crippen LogP contribution in [0, 0.1) is 5.92 Å². The van der Waals surface area contributed by atoms with Crippen molar-refractivity contribution in [2.45, 2.75) is 19.3 Å². The van der Waals surface area contributed by atoms with Gasteiger partial charge >= 0.3 is 0 Å². The standard InChI is InChI=1S/C11H13Br2N/c12-9-5-2-6-10(13)11(9)14-7-8-3-1-4-8/h2,5-6,8,14H,1,3-4,7H2. The monoisotopic (exact) mass is 317 g/mol. The number of benzene rings is 1. The van der Waals surface area contributed by atoms with Crippen molar-refractivity contribution in [1.29, 1.82) is 0 Å². The minimum atomic E-state index is 0.883. The van der Waals surface area contributed by atoms with Gasteiger partial charge in [0.15, 0.2) is 0 Å². The van der Waals surface area contributed by atoms with Gasteiger partial charge in [-0.15, -0.1) is 0 Å². The van der Waals surface area contributed by atoms with E-state index in [1.165, 1.54) is 24.9 Å². The SMILES string of the molecule is Brc1cccc(Br)c1NCC1CCC1. The maximum Gasteiger partial charge on any atom is 0.0629 e. The van der Waals surface area contributed by atoms with Crippen molar-refractivity contribution in [3.63, 3.8) is 0 Å². The van der Waals surface area contributed by atoms with Crippen LogP contribution in [0.15, 0.2) is 27.1 Å². The van der Waals surface area contributed by atoms with Gasteiger partial charge in [-0.1, -0.05) is 12.5 Å². The average molecular weight is 319 g/mol. The first kappa shape index (κ1) is 10.5. The van der Waals surface area contributed by atoms with Gasteiger partial charge in [0.25, 0.3) is 0 Å². The number of hydrogen-bond acceptors (Lipinski definition) is 1. The van der Waals surface area contributed by atoms with Gasteiger partial charge in [-0.05, 0) is 62.8 Å². The second kappa shape index (κ2) is 4.67. The molecule has 3 heteroatoms. The lowest BCUT2D eigenvalue weighted by molar-refractivity contribution is 0.333. The summed E-state index contributed by atoms with van der Waals surface area (Å²) >= 11 is 7.09. The second-order valence-electron chi connectivity index (χ2n) is 3.77. The summed E-state index contributed by atoms with van der Waals surface area (Å²) in [6.07, 6.45) is 4.17. The predicted molar refractivity (Wildman–Crippen MR) is 67.7 cm³/mol. The molecule has 0 spiro atoms. The lowest BCUT2D eigenvalue weighted by Gasteiger charge is -2.26. The molecule has 1 saturated carbocycles. The number of anilines is 1. The Morgan fingerprint density at radius 3 is 2.36 bits per heavy atom. The van der Waals surface area contributed by atoms with Gasteiger partial charge in [-0.2, -0.15) is 0 Å². The third kappa shape index (κ3) is 2.31. The summed E-state index contributed by atoms with van der Waals surface area (Å²) in [6, 6.07) is 6.16. The molecule has 0 aromatic heterocycles. The maximum absolute atomic E-state index is 3.54. The Hall–Kier alpha value is -0.0200. The molecule has 0 amide bonds. The Balaban J connectivity index is 2.00. The van der Waals surface area contributed by atoms with E-state index in [0.29, 0.717) is 0 Å². The molecule has 1 fully saturated rings. The molecule has 0 radical (unpaired) electrons. The third-order valence-corrected chi connectivity index (χ3v) is 4.08. The molecule has 2 rings (SSSR count). The van der Waals surface area contributed by atoms with Crippen LogP contribution in [0.25, 0.3) is 0 Å². The number of para-hydroxylation sites is 1. The minimum absolute atomic E-state index is 0.883. The van der Waals surface area contributed by atoms with Crippen LogP contribution < -0.4 is 5.32 Å². The van der Waals surface area contributed by atoms with Crippen molar-refractivity contribution in [2.75, 3.05) is 11.9 Å². The zero-order valence-corrected chi connectivity index (χ0v) is 11.1. The molecule has 0 heterocycles. The van der Waals surface area contributed by atoms with Crippen molar-refractivity contribution >= 4 is 37.5 Å². The highest BCUT2D eigenvalue weighted by Crippen LogP contribution is 2.32. The predicted octanol–water partition coefficient (Wildman–Crippen LogP) is 4.42. The lowest BCUT2D eigenvalue weighted by Crippen LogP contribution is -2.21. The first-order valence-corrected chi connectivity index (χ1v) is 6.54. The Labute approximate surface area is 102 Å². The summed E-state index contributed by atoms with van der Waals surface area (Å²) in [6.45, 7) is 1.10. The van der Waals surface area contributed by atoms with E-state index in [0.717, 1.165) is 21.4 Å². The lowest BCUT2D eigenvalue weighted by atomic mass is 9.85. The van der Waals surface area contributed by atoms with E-state index in [1.807, 2.05) is 6.07 Å². The maximum atomic E-state index is 3.54. The number of hydrogen-bond donors (Lipinski definition) is 1. The fourth-order valence-electron chi connectivity index (χ4n) is 1.61. The molecule has 1 aromatic rings. The quantitative estimate of drug-likeness (QED) is 0.869. The van der Waals surface area contributed by atoms with E-state index in [1.54, 1.807) is 0 Å². The van der Waals surface area contributed by atoms with E-state index in [4.69, 9.17) is 0 Å². The van der Waals surface area contributed by atoms with E-state index >= 15 is 0 Å². The molecular formula is C11H13Br2N. The molecule has 0 atom stereocenters. The fourth-order valence-corrected chi connectivity index (χ4v) is 2.89. The van der Waals surface area contributed by atoms with Gasteiger partial charge in [0, 0.05) is 15.5 Å². The van der Waals surface area contributed by atoms with Gasteiger partial charge in [0.2, 0.25) is 0 Å². The Bertz CT molecular complexity index is 301. The highest BCUT2D eigenvalue weighted by molar-refractivity contribution is 9.11. The summed E-state index contributed by atoms with van der Waals surface area (Å²) in [5.41, 5.74) is 1.18. The Morgan fingerprint density at radius 2 is 1.86 bits per heavy atom. The molecule has 76 valence electrons. The molecule has 1 N–H and O–H groups in total. The van der Waals surface area contributed by atoms with Crippen molar-refractivity contribution < 1.29 is 0 Å². The van der Waals surface area contributed by atoms with Gasteiger partial charge in [0.1, 0.15) is 0 Å². The Morgan fingerprint density at radius 1 is 1.21 bits per heavy atom. The summed E-state index contributed by atoms with van der Waals surface area (Å²) in [7, 11) is 0. The molecule has 1 aliphatic rings. The van der Waals surface area contributed by atoms with Crippen LogP contribution in [0.5, 0.6) is 0 Å². The number of nitrogens with one attached hydrogen (secondary N) is 1. The van der Waals surface area contributed by atoms with Crippen molar-refractivity contribution in [2.24, 2.45) is 5.92 Å². The first-order chi connectivity index (χ1) is 6.77. The summed E-state index contributed by atoms with van der Waals surface area (Å²) in [4.78, 5) is 0. The summed E-state index contributed by atoms with van der Waals surface area (Å²) < 4.78 is 2.26. The largest absolute Gasteiger partial charge is 0.383 e. The minimum Gasteiger partial charge on any atom is -0.383 e. The smallest absolute Gasteiger partial charge is 0.0629 e. The van der Waals surface area contributed by atoms with Crippen LogP contribution in [-0.2, 0) is 0 Å². The highest BCUT2D eigenvalue weighted by atomic mass is 79.9. The molecule has 1 aromatic carbocycles. The van der Waals surface area contributed by atoms with Crippen molar-refractivity contribution in [3.05, 3.63) is 27.1 Å². The van der Waals surface area contributed by atoms with Crippen LogP contribution in [-0.4, -0.2) is 6.54 Å². The number of rotatable bonds is 3. The zero-order chi connectivity index (χ0) is 9.97. The normalized spacial score (nSPS) is 16.4. The van der Waals surface area contributed by atoms with Crippen LogP contribution in [0.3, 0.4) is 0 Å². The third-order valence-electron chi connectivity index (χ3n) is 2.76. The zero-order valence-electron chi connectivity index (χ0n) is 7.89. The second-order valence-corrected chi connectivity index (χ2v) is 5.48. The van der Waals surface area contributed by atoms with Crippen molar-refractivity contribution in [3.8, 4) is 0 Å². The van der Waals surface area contributed by atoms with Gasteiger partial charge < -0.3 is 5.32 Å². The molecule has 0 aliphatic heterocycles. The molecule has 0 saturated heterocycles. The van der Waals surface area contributed by atoms with Gasteiger partial charge in [-0.25, -0.2) is 0 Å². The van der Waals surface area contributed by atoms with Crippen LogP contribution in [0.2, 0.25) is 0 Å². The molecular weight excluding hydrogens is 306 g/mol. The molecule has 0 unspecified atom stereocenters. The van der Waals surface area contributed by atoms with Crippen LogP contribution in [0.4, 0.5) is 5.69 Å². The fraction of sp³-hybridized carbons (Fsp3) is 0.455. The molecule has 1 nitrogen and oxygen atoms in total.